The van der Waals surface area contributed by atoms with Crippen molar-refractivity contribution in [1.29, 1.82) is 0 Å². The third kappa shape index (κ3) is 3.64. The van der Waals surface area contributed by atoms with Crippen LogP contribution in [0.3, 0.4) is 0 Å². The van der Waals surface area contributed by atoms with Crippen LogP contribution in [0.25, 0.3) is 0 Å². The van der Waals surface area contributed by atoms with Gasteiger partial charge in [-0.3, -0.25) is 9.59 Å². The molecule has 128 valence electrons. The average molecular weight is 348 g/mol. The van der Waals surface area contributed by atoms with Crippen LogP contribution in [0.5, 0.6) is 0 Å². The van der Waals surface area contributed by atoms with E-state index in [2.05, 4.69) is 14.7 Å². The third-order valence-corrected chi connectivity index (χ3v) is 4.47. The van der Waals surface area contributed by atoms with E-state index in [-0.39, 0.29) is 29.6 Å². The van der Waals surface area contributed by atoms with Crippen molar-refractivity contribution in [3.63, 3.8) is 0 Å². The number of carbonyl (C=O) groups excluding carboxylic acids is 2. The summed E-state index contributed by atoms with van der Waals surface area (Å²) in [5.74, 6) is 0.795. The Morgan fingerprint density at radius 2 is 2.29 bits per heavy atom. The molecule has 0 aromatic carbocycles. The molecular weight excluding hydrogens is 328 g/mol. The van der Waals surface area contributed by atoms with Crippen molar-refractivity contribution >= 4 is 28.5 Å². The second kappa shape index (κ2) is 6.35. The summed E-state index contributed by atoms with van der Waals surface area (Å²) in [5.41, 5.74) is -0.164. The van der Waals surface area contributed by atoms with Crippen LogP contribution >= 0.6 is 11.5 Å². The molecule has 1 saturated heterocycles. The van der Waals surface area contributed by atoms with E-state index in [1.165, 1.54) is 0 Å². The van der Waals surface area contributed by atoms with Crippen LogP contribution in [-0.2, 0) is 21.5 Å². The SMILES string of the molecule is CC(C)(C)c1nsc(NC(=O)[C@H]2CC(=O)N(Cc3ccco3)C2)n1. The molecule has 3 heterocycles. The minimum atomic E-state index is -0.380. The highest BCUT2D eigenvalue weighted by Crippen LogP contribution is 2.25. The Morgan fingerprint density at radius 1 is 1.50 bits per heavy atom. The molecule has 1 aliphatic heterocycles. The van der Waals surface area contributed by atoms with Crippen molar-refractivity contribution in [2.45, 2.75) is 39.2 Å². The van der Waals surface area contributed by atoms with E-state index in [1.54, 1.807) is 17.2 Å². The maximum absolute atomic E-state index is 12.4. The molecule has 2 amide bonds. The highest BCUT2D eigenvalue weighted by Gasteiger charge is 2.35. The molecule has 0 aliphatic carbocycles. The molecule has 1 atom stereocenters. The lowest BCUT2D eigenvalue weighted by molar-refractivity contribution is -0.128. The van der Waals surface area contributed by atoms with Gasteiger partial charge >= 0.3 is 0 Å². The summed E-state index contributed by atoms with van der Waals surface area (Å²) in [7, 11) is 0. The maximum Gasteiger partial charge on any atom is 0.231 e. The van der Waals surface area contributed by atoms with Gasteiger partial charge in [0.1, 0.15) is 11.6 Å². The van der Waals surface area contributed by atoms with Crippen LogP contribution in [0.4, 0.5) is 5.13 Å². The van der Waals surface area contributed by atoms with E-state index in [0.717, 1.165) is 11.5 Å². The standard InChI is InChI=1S/C16H20N4O3S/c1-16(2,3)14-18-15(24-19-14)17-13(22)10-7-12(21)20(8-10)9-11-5-4-6-23-11/h4-6,10H,7-9H2,1-3H3,(H,17,18,19,22)/t10-/m0/s1. The van der Waals surface area contributed by atoms with E-state index in [1.807, 2.05) is 26.8 Å². The summed E-state index contributed by atoms with van der Waals surface area (Å²) in [6.45, 7) is 6.83. The fourth-order valence-corrected chi connectivity index (χ4v) is 3.24. The predicted octanol–water partition coefficient (Wildman–Crippen LogP) is 2.42. The maximum atomic E-state index is 12.4. The van der Waals surface area contributed by atoms with Crippen molar-refractivity contribution in [3.8, 4) is 0 Å². The van der Waals surface area contributed by atoms with Gasteiger partial charge in [-0.25, -0.2) is 4.98 Å². The van der Waals surface area contributed by atoms with Gasteiger partial charge in [0, 0.05) is 29.9 Å². The van der Waals surface area contributed by atoms with Gasteiger partial charge in [0.2, 0.25) is 16.9 Å². The van der Waals surface area contributed by atoms with Gasteiger partial charge in [0.15, 0.2) is 0 Å². The lowest BCUT2D eigenvalue weighted by Crippen LogP contribution is -2.28. The number of anilines is 1. The first-order chi connectivity index (χ1) is 11.3. The number of furan rings is 1. The Kier molecular flexibility index (Phi) is 4.40. The lowest BCUT2D eigenvalue weighted by atomic mass is 9.96. The zero-order chi connectivity index (χ0) is 17.3. The smallest absolute Gasteiger partial charge is 0.231 e. The quantitative estimate of drug-likeness (QED) is 0.917. The monoisotopic (exact) mass is 348 g/mol. The van der Waals surface area contributed by atoms with E-state index < -0.39 is 0 Å². The van der Waals surface area contributed by atoms with Gasteiger partial charge in [0.25, 0.3) is 0 Å². The second-order valence-corrected chi connectivity index (χ2v) is 7.67. The molecule has 0 radical (unpaired) electrons. The molecule has 7 nitrogen and oxygen atoms in total. The van der Waals surface area contributed by atoms with Gasteiger partial charge in [0.05, 0.1) is 18.7 Å². The average Bonchev–Trinajstić information content (AvgIpc) is 3.21. The molecule has 0 bridgehead atoms. The first kappa shape index (κ1) is 16.6. The van der Waals surface area contributed by atoms with E-state index >= 15 is 0 Å². The highest BCUT2D eigenvalue weighted by molar-refractivity contribution is 7.09. The molecule has 1 aliphatic rings. The van der Waals surface area contributed by atoms with Gasteiger partial charge < -0.3 is 14.6 Å². The van der Waals surface area contributed by atoms with Crippen molar-refractivity contribution in [3.05, 3.63) is 30.0 Å². The van der Waals surface area contributed by atoms with E-state index in [4.69, 9.17) is 4.42 Å². The summed E-state index contributed by atoms with van der Waals surface area (Å²) < 4.78 is 9.53. The highest BCUT2D eigenvalue weighted by atomic mass is 32.1. The van der Waals surface area contributed by atoms with Crippen molar-refractivity contribution in [2.24, 2.45) is 5.92 Å². The molecule has 0 unspecified atom stereocenters. The number of carbonyl (C=O) groups is 2. The molecule has 1 fully saturated rings. The van der Waals surface area contributed by atoms with Gasteiger partial charge in [-0.15, -0.1) is 0 Å². The van der Waals surface area contributed by atoms with Crippen molar-refractivity contribution in [1.82, 2.24) is 14.3 Å². The van der Waals surface area contributed by atoms with Crippen LogP contribution < -0.4 is 5.32 Å². The van der Waals surface area contributed by atoms with Crippen LogP contribution in [-0.4, -0.2) is 32.6 Å². The topological polar surface area (TPSA) is 88.3 Å². The van der Waals surface area contributed by atoms with E-state index in [9.17, 15) is 9.59 Å². The number of hydrogen-bond donors (Lipinski definition) is 1. The molecule has 24 heavy (non-hydrogen) atoms. The summed E-state index contributed by atoms with van der Waals surface area (Å²) in [5, 5.41) is 3.25. The normalized spacial score (nSPS) is 18.2. The Labute approximate surface area is 144 Å². The van der Waals surface area contributed by atoms with Crippen LogP contribution in [0, 0.1) is 5.92 Å². The molecule has 0 saturated carbocycles. The summed E-state index contributed by atoms with van der Waals surface area (Å²) in [4.78, 5) is 30.5. The summed E-state index contributed by atoms with van der Waals surface area (Å²) in [6.07, 6.45) is 1.78. The molecule has 0 spiro atoms. The number of aromatic nitrogens is 2. The summed E-state index contributed by atoms with van der Waals surface area (Å²) in [6, 6.07) is 3.60. The molecular formula is C16H20N4O3S. The second-order valence-electron chi connectivity index (χ2n) is 6.92. The van der Waals surface area contributed by atoms with Gasteiger partial charge in [-0.1, -0.05) is 20.8 Å². The predicted molar refractivity (Wildman–Crippen MR) is 89.5 cm³/mol. The Hall–Kier alpha value is -2.22. The first-order valence-electron chi connectivity index (χ1n) is 7.78. The number of nitrogens with zero attached hydrogens (tertiary/aromatic N) is 3. The van der Waals surface area contributed by atoms with Crippen LogP contribution in [0.2, 0.25) is 0 Å². The number of amides is 2. The van der Waals surface area contributed by atoms with E-state index in [0.29, 0.717) is 29.8 Å². The summed E-state index contributed by atoms with van der Waals surface area (Å²) >= 11 is 1.16. The number of hydrogen-bond acceptors (Lipinski definition) is 6. The number of likely N-dealkylation sites (tertiary alicyclic amines) is 1. The van der Waals surface area contributed by atoms with Crippen LogP contribution in [0.15, 0.2) is 22.8 Å². The Bertz CT molecular complexity index is 733. The Balaban J connectivity index is 1.60. The van der Waals surface area contributed by atoms with Crippen molar-refractivity contribution < 1.29 is 14.0 Å². The third-order valence-electron chi connectivity index (χ3n) is 3.84. The first-order valence-corrected chi connectivity index (χ1v) is 8.55. The minimum absolute atomic E-state index is 0.0424. The molecule has 1 N–H and O–H groups in total. The van der Waals surface area contributed by atoms with Gasteiger partial charge in [-0.05, 0) is 12.1 Å². The van der Waals surface area contributed by atoms with Crippen molar-refractivity contribution in [2.75, 3.05) is 11.9 Å². The molecule has 8 heteroatoms. The lowest BCUT2D eigenvalue weighted by Gasteiger charge is -2.14. The molecule has 2 aromatic heterocycles. The fourth-order valence-electron chi connectivity index (χ4n) is 2.48. The zero-order valence-corrected chi connectivity index (χ0v) is 14.7. The minimum Gasteiger partial charge on any atom is -0.467 e. The number of rotatable bonds is 4. The Morgan fingerprint density at radius 3 is 2.92 bits per heavy atom. The van der Waals surface area contributed by atoms with Gasteiger partial charge in [-0.2, -0.15) is 4.37 Å². The fraction of sp³-hybridized carbons (Fsp3) is 0.500. The zero-order valence-electron chi connectivity index (χ0n) is 13.9. The largest absolute Gasteiger partial charge is 0.467 e. The van der Waals surface area contributed by atoms with Crippen LogP contribution in [0.1, 0.15) is 38.8 Å². The molecule has 2 aromatic rings. The molecule has 3 rings (SSSR count). The number of nitrogens with one attached hydrogen (secondary N) is 1.